The van der Waals surface area contributed by atoms with Gasteiger partial charge in [-0.15, -0.1) is 0 Å². The number of rotatable bonds is 4. The van der Waals surface area contributed by atoms with E-state index >= 15 is 0 Å². The fourth-order valence-electron chi connectivity index (χ4n) is 3.42. The number of methoxy groups -OCH3 is 2. The van der Waals surface area contributed by atoms with Crippen molar-refractivity contribution in [3.8, 4) is 11.5 Å². The van der Waals surface area contributed by atoms with Crippen molar-refractivity contribution in [2.24, 2.45) is 0 Å². The van der Waals surface area contributed by atoms with Crippen molar-refractivity contribution >= 4 is 17.5 Å². The molecule has 6 nitrogen and oxygen atoms in total. The zero-order chi connectivity index (χ0) is 18.1. The predicted molar refractivity (Wildman–Crippen MR) is 100 cm³/mol. The molecule has 1 N–H and O–H groups in total. The second-order valence-corrected chi connectivity index (χ2v) is 6.52. The van der Waals surface area contributed by atoms with Crippen molar-refractivity contribution in [3.63, 3.8) is 0 Å². The van der Waals surface area contributed by atoms with Crippen molar-refractivity contribution in [2.75, 3.05) is 19.5 Å². The average Bonchev–Trinajstić information content (AvgIpc) is 3.15. The molecule has 2 aromatic carbocycles. The van der Waals surface area contributed by atoms with Crippen molar-refractivity contribution in [1.82, 2.24) is 14.8 Å². The van der Waals surface area contributed by atoms with Crippen molar-refractivity contribution in [1.29, 1.82) is 0 Å². The van der Waals surface area contributed by atoms with Crippen molar-refractivity contribution < 1.29 is 9.47 Å². The molecule has 26 heavy (non-hydrogen) atoms. The Balaban J connectivity index is 1.75. The van der Waals surface area contributed by atoms with E-state index in [1.54, 1.807) is 20.5 Å². The SMILES string of the molecule is COc1ccc([C@H]2C[C@@H](c3ccccc3Cl)Nc3ncnn32)cc1OC. The summed E-state index contributed by atoms with van der Waals surface area (Å²) in [5.74, 6) is 2.12. The molecule has 0 aliphatic carbocycles. The molecular formula is C19H19ClN4O2. The first-order valence-electron chi connectivity index (χ1n) is 8.33. The van der Waals surface area contributed by atoms with E-state index in [-0.39, 0.29) is 12.1 Å². The summed E-state index contributed by atoms with van der Waals surface area (Å²) in [5, 5.41) is 8.57. The minimum absolute atomic E-state index is 0.00910. The van der Waals surface area contributed by atoms with Gasteiger partial charge in [-0.3, -0.25) is 0 Å². The lowest BCUT2D eigenvalue weighted by molar-refractivity contribution is 0.352. The number of nitrogens with zero attached hydrogens (tertiary/aromatic N) is 3. The van der Waals surface area contributed by atoms with Gasteiger partial charge in [0.15, 0.2) is 11.5 Å². The smallest absolute Gasteiger partial charge is 0.222 e. The monoisotopic (exact) mass is 370 g/mol. The molecule has 0 radical (unpaired) electrons. The summed E-state index contributed by atoms with van der Waals surface area (Å²) in [5.41, 5.74) is 2.13. The van der Waals surface area contributed by atoms with Gasteiger partial charge < -0.3 is 14.8 Å². The third-order valence-corrected chi connectivity index (χ3v) is 5.05. The third kappa shape index (κ3) is 2.86. The number of fused-ring (bicyclic) bond motifs is 1. The van der Waals surface area contributed by atoms with E-state index in [0.29, 0.717) is 11.5 Å². The molecule has 7 heteroatoms. The Morgan fingerprint density at radius 1 is 1.12 bits per heavy atom. The van der Waals surface area contributed by atoms with Gasteiger partial charge in [0, 0.05) is 5.02 Å². The summed E-state index contributed by atoms with van der Waals surface area (Å²) in [6.45, 7) is 0. The van der Waals surface area contributed by atoms with Crippen molar-refractivity contribution in [3.05, 3.63) is 64.9 Å². The summed E-state index contributed by atoms with van der Waals surface area (Å²) in [6.07, 6.45) is 2.35. The Morgan fingerprint density at radius 3 is 2.69 bits per heavy atom. The molecule has 0 unspecified atom stereocenters. The van der Waals surface area contributed by atoms with Gasteiger partial charge in [0.1, 0.15) is 6.33 Å². The maximum atomic E-state index is 6.42. The molecule has 0 saturated carbocycles. The number of halogens is 1. The van der Waals surface area contributed by atoms with Crippen LogP contribution in [0.1, 0.15) is 29.6 Å². The molecule has 4 rings (SSSR count). The lowest BCUT2D eigenvalue weighted by Gasteiger charge is -2.32. The maximum Gasteiger partial charge on any atom is 0.222 e. The molecule has 3 aromatic rings. The summed E-state index contributed by atoms with van der Waals surface area (Å²) in [6, 6.07) is 13.9. The van der Waals surface area contributed by atoms with Gasteiger partial charge in [0.25, 0.3) is 0 Å². The second-order valence-electron chi connectivity index (χ2n) is 6.11. The van der Waals surface area contributed by atoms with E-state index in [9.17, 15) is 0 Å². The van der Waals surface area contributed by atoms with E-state index in [1.165, 1.54) is 0 Å². The molecule has 2 atom stereocenters. The van der Waals surface area contributed by atoms with E-state index in [1.807, 2.05) is 47.1 Å². The summed E-state index contributed by atoms with van der Waals surface area (Å²) >= 11 is 6.42. The highest BCUT2D eigenvalue weighted by molar-refractivity contribution is 6.31. The first kappa shape index (κ1) is 16.7. The highest BCUT2D eigenvalue weighted by atomic mass is 35.5. The van der Waals surface area contributed by atoms with E-state index in [4.69, 9.17) is 21.1 Å². The Labute approximate surface area is 156 Å². The van der Waals surface area contributed by atoms with Crippen LogP contribution in [-0.2, 0) is 0 Å². The highest BCUT2D eigenvalue weighted by Crippen LogP contribution is 2.41. The first-order chi connectivity index (χ1) is 12.7. The van der Waals surface area contributed by atoms with Gasteiger partial charge in [0.05, 0.1) is 26.3 Å². The maximum absolute atomic E-state index is 6.42. The van der Waals surface area contributed by atoms with Crippen LogP contribution < -0.4 is 14.8 Å². The molecule has 1 aliphatic rings. The molecular weight excluding hydrogens is 352 g/mol. The molecule has 134 valence electrons. The van der Waals surface area contributed by atoms with Gasteiger partial charge in [-0.25, -0.2) is 4.68 Å². The van der Waals surface area contributed by atoms with Gasteiger partial charge in [-0.05, 0) is 35.7 Å². The summed E-state index contributed by atoms with van der Waals surface area (Å²) in [7, 11) is 3.27. The van der Waals surface area contributed by atoms with Crippen LogP contribution in [0.25, 0.3) is 0 Å². The van der Waals surface area contributed by atoms with Crippen LogP contribution in [0.5, 0.6) is 11.5 Å². The minimum Gasteiger partial charge on any atom is -0.493 e. The van der Waals surface area contributed by atoms with Crippen LogP contribution >= 0.6 is 11.6 Å². The lowest BCUT2D eigenvalue weighted by Crippen LogP contribution is -2.28. The highest BCUT2D eigenvalue weighted by Gasteiger charge is 2.31. The Hall–Kier alpha value is -2.73. The van der Waals surface area contributed by atoms with E-state index < -0.39 is 0 Å². The number of anilines is 1. The molecule has 1 aliphatic heterocycles. The number of benzene rings is 2. The number of hydrogen-bond acceptors (Lipinski definition) is 5. The Bertz CT molecular complexity index is 927. The molecule has 0 amide bonds. The third-order valence-electron chi connectivity index (χ3n) is 4.70. The van der Waals surface area contributed by atoms with Crippen LogP contribution in [-0.4, -0.2) is 29.0 Å². The summed E-state index contributed by atoms with van der Waals surface area (Å²) < 4.78 is 12.7. The van der Waals surface area contributed by atoms with E-state index in [2.05, 4.69) is 15.4 Å². The zero-order valence-corrected chi connectivity index (χ0v) is 15.3. The molecule has 0 saturated heterocycles. The van der Waals surface area contributed by atoms with Gasteiger partial charge in [-0.1, -0.05) is 35.9 Å². The van der Waals surface area contributed by atoms with Crippen LogP contribution in [0.2, 0.25) is 5.02 Å². The number of hydrogen-bond donors (Lipinski definition) is 1. The molecule has 2 heterocycles. The van der Waals surface area contributed by atoms with E-state index in [0.717, 1.165) is 28.5 Å². The van der Waals surface area contributed by atoms with Crippen LogP contribution in [0.15, 0.2) is 48.8 Å². The topological polar surface area (TPSA) is 61.2 Å². The summed E-state index contributed by atoms with van der Waals surface area (Å²) in [4.78, 5) is 4.36. The standard InChI is InChI=1S/C19H19ClN4O2/c1-25-17-8-7-12(9-18(17)26-2)16-10-15(13-5-3-4-6-14(13)20)23-19-21-11-22-24(16)19/h3-9,11,15-16H,10H2,1-2H3,(H,21,22,23)/t15-,16+/m0/s1. The minimum atomic E-state index is 0.00910. The van der Waals surface area contributed by atoms with Crippen LogP contribution in [0.3, 0.4) is 0 Å². The Morgan fingerprint density at radius 2 is 1.92 bits per heavy atom. The van der Waals surface area contributed by atoms with Crippen LogP contribution in [0, 0.1) is 0 Å². The predicted octanol–water partition coefficient (Wildman–Crippen LogP) is 4.10. The first-order valence-corrected chi connectivity index (χ1v) is 8.71. The van der Waals surface area contributed by atoms with Gasteiger partial charge >= 0.3 is 0 Å². The van der Waals surface area contributed by atoms with Crippen molar-refractivity contribution in [2.45, 2.75) is 18.5 Å². The largest absolute Gasteiger partial charge is 0.493 e. The normalized spacial score (nSPS) is 18.7. The molecule has 0 fully saturated rings. The fraction of sp³-hybridized carbons (Fsp3) is 0.263. The molecule has 0 spiro atoms. The second kappa shape index (κ2) is 6.88. The number of aromatic nitrogens is 3. The molecule has 0 bridgehead atoms. The lowest BCUT2D eigenvalue weighted by atomic mass is 9.93. The number of ether oxygens (including phenoxy) is 2. The van der Waals surface area contributed by atoms with Gasteiger partial charge in [0.2, 0.25) is 5.95 Å². The molecule has 1 aromatic heterocycles. The van der Waals surface area contributed by atoms with Gasteiger partial charge in [-0.2, -0.15) is 10.1 Å². The van der Waals surface area contributed by atoms with Crippen LogP contribution in [0.4, 0.5) is 5.95 Å². The Kier molecular flexibility index (Phi) is 4.42. The quantitative estimate of drug-likeness (QED) is 0.749. The zero-order valence-electron chi connectivity index (χ0n) is 14.5. The fourth-order valence-corrected chi connectivity index (χ4v) is 3.69. The number of nitrogens with one attached hydrogen (secondary N) is 1. The average molecular weight is 371 g/mol.